The second-order valence-electron chi connectivity index (χ2n) is 4.14. The van der Waals surface area contributed by atoms with E-state index in [1.807, 2.05) is 54.6 Å². The zero-order valence-electron chi connectivity index (χ0n) is 10.6. The Morgan fingerprint density at radius 2 is 1.58 bits per heavy atom. The minimum Gasteiger partial charge on any atom is -0.338 e. The van der Waals surface area contributed by atoms with Gasteiger partial charge in [0.05, 0.1) is 0 Å². The van der Waals surface area contributed by atoms with Crippen molar-refractivity contribution in [3.63, 3.8) is 0 Å². The van der Waals surface area contributed by atoms with Gasteiger partial charge in [0.2, 0.25) is 5.69 Å². The van der Waals surface area contributed by atoms with Gasteiger partial charge in [-0.3, -0.25) is 0 Å². The van der Waals surface area contributed by atoms with Crippen LogP contribution in [0.15, 0.2) is 64.4 Å². The summed E-state index contributed by atoms with van der Waals surface area (Å²) < 4.78 is 0. The van der Waals surface area contributed by atoms with E-state index in [4.69, 9.17) is 11.8 Å². The Morgan fingerprint density at radius 1 is 1.00 bits per heavy atom. The van der Waals surface area contributed by atoms with Gasteiger partial charge in [-0.15, -0.1) is 10.5 Å². The van der Waals surface area contributed by atoms with Crippen LogP contribution < -0.4 is 0 Å². The Balaban J connectivity index is 2.60. The lowest BCUT2D eigenvalue weighted by Gasteiger charge is -2.28. The van der Waals surface area contributed by atoms with Crippen LogP contribution in [0.3, 0.4) is 0 Å². The summed E-state index contributed by atoms with van der Waals surface area (Å²) >= 11 is 5.03. The molecule has 0 aliphatic rings. The zero-order chi connectivity index (χ0) is 13.9. The molecule has 0 saturated heterocycles. The molecule has 2 aromatic carbocycles. The molecule has 1 unspecified atom stereocenters. The molecule has 0 spiro atoms. The fourth-order valence-corrected chi connectivity index (χ4v) is 8.43. The summed E-state index contributed by atoms with van der Waals surface area (Å²) in [5.74, 6) is 0. The molecule has 2 nitrogen and oxygen atoms in total. The fraction of sp³-hybridized carbons (Fsp3) is 0.143. The number of thiol groups is 1. The molecule has 2 aromatic rings. The van der Waals surface area contributed by atoms with Gasteiger partial charge < -0.3 is 9.79 Å². The summed E-state index contributed by atoms with van der Waals surface area (Å²) in [4.78, 5) is 22.1. The van der Waals surface area contributed by atoms with Crippen molar-refractivity contribution >= 4 is 28.0 Å². The first-order valence-electron chi connectivity index (χ1n) is 6.03. The molecule has 19 heavy (non-hydrogen) atoms. The smallest absolute Gasteiger partial charge is 0.230 e. The molecular weight excluding hydrogens is 295 g/mol. The van der Waals surface area contributed by atoms with E-state index in [0.29, 0.717) is 0 Å². The Hall–Kier alpha value is -0.640. The van der Waals surface area contributed by atoms with E-state index in [1.54, 1.807) is 0 Å². The Labute approximate surface area is 121 Å². The molecule has 0 bridgehead atoms. The molecule has 0 radical (unpaired) electrons. The molecular formula is C14H17O2PS2. The molecule has 0 aliphatic carbocycles. The topological polar surface area (TPSA) is 40.5 Å². The van der Waals surface area contributed by atoms with Crippen molar-refractivity contribution in [1.29, 1.82) is 0 Å². The summed E-state index contributed by atoms with van der Waals surface area (Å²) in [5.41, 5.74) is -2.23. The maximum absolute atomic E-state index is 10.1. The third kappa shape index (κ3) is 3.47. The number of rotatable bonds is 4. The second-order valence-corrected chi connectivity index (χ2v) is 12.0. The quantitative estimate of drug-likeness (QED) is 0.593. The lowest BCUT2D eigenvalue weighted by molar-refractivity contribution is 0.501. The molecule has 2 rings (SSSR count). The van der Waals surface area contributed by atoms with Crippen LogP contribution >= 0.6 is 16.2 Å². The van der Waals surface area contributed by atoms with Gasteiger partial charge in [-0.25, -0.2) is 0 Å². The second kappa shape index (κ2) is 6.21. The first-order chi connectivity index (χ1) is 9.04. The van der Waals surface area contributed by atoms with Crippen LogP contribution in [-0.4, -0.2) is 9.79 Å². The van der Waals surface area contributed by atoms with Crippen LogP contribution in [0, 0.1) is 0 Å². The lowest BCUT2D eigenvalue weighted by atomic mass is 10.2. The van der Waals surface area contributed by atoms with Crippen LogP contribution in [0.2, 0.25) is 0 Å². The van der Waals surface area contributed by atoms with E-state index in [9.17, 15) is 9.79 Å². The van der Waals surface area contributed by atoms with E-state index in [0.717, 1.165) is 21.8 Å². The minimum absolute atomic E-state index is 0.858. The van der Waals surface area contributed by atoms with Gasteiger partial charge in [0.25, 0.3) is 0 Å². The maximum Gasteiger partial charge on any atom is 0.230 e. The predicted molar refractivity (Wildman–Crippen MR) is 86.5 cm³/mol. The highest BCUT2D eigenvalue weighted by Gasteiger charge is 2.25. The van der Waals surface area contributed by atoms with Gasteiger partial charge in [-0.2, -0.15) is 0 Å². The Bertz CT molecular complexity index is 595. The molecule has 1 atom stereocenters. The minimum atomic E-state index is -3.36. The number of aryl methyl sites for hydroxylation is 1. The van der Waals surface area contributed by atoms with Gasteiger partial charge in [-0.05, 0) is 46.9 Å². The van der Waals surface area contributed by atoms with Crippen molar-refractivity contribution in [3.05, 3.63) is 60.2 Å². The highest BCUT2D eigenvalue weighted by Crippen LogP contribution is 2.72. The average Bonchev–Trinajstić information content (AvgIpc) is 2.39. The van der Waals surface area contributed by atoms with Gasteiger partial charge in [0, 0.05) is 4.90 Å². The molecule has 5 heteroatoms. The van der Waals surface area contributed by atoms with Crippen LogP contribution in [0.4, 0.5) is 0 Å². The molecule has 0 heterocycles. The van der Waals surface area contributed by atoms with Crippen LogP contribution in [0.25, 0.3) is 0 Å². The zero-order valence-corrected chi connectivity index (χ0v) is 13.2. The maximum atomic E-state index is 10.1. The van der Waals surface area contributed by atoms with Crippen molar-refractivity contribution in [2.45, 2.75) is 23.1 Å². The highest BCUT2D eigenvalue weighted by molar-refractivity contribution is 8.76. The van der Waals surface area contributed by atoms with Crippen molar-refractivity contribution in [2.75, 3.05) is 0 Å². The number of hydrogen-bond donors (Lipinski definition) is 3. The number of benzene rings is 2. The molecule has 0 aromatic heterocycles. The highest BCUT2D eigenvalue weighted by atomic mass is 32.9. The monoisotopic (exact) mass is 312 g/mol. The standard InChI is InChI=1S/C14H17O2PS2/c1-2-12-8-6-7-11-14(12)19(17(15,16)18)13-9-4-3-5-10-13/h3-11,19H,2H2,1H3,(H2,15,16,18). The van der Waals surface area contributed by atoms with E-state index in [2.05, 4.69) is 6.92 Å². The summed E-state index contributed by atoms with van der Waals surface area (Å²) in [6.07, 6.45) is 0.858. The summed E-state index contributed by atoms with van der Waals surface area (Å²) in [6.45, 7) is 2.07. The van der Waals surface area contributed by atoms with E-state index < -0.39 is 16.2 Å². The van der Waals surface area contributed by atoms with Crippen LogP contribution in [0.5, 0.6) is 0 Å². The largest absolute Gasteiger partial charge is 0.338 e. The van der Waals surface area contributed by atoms with Crippen molar-refractivity contribution < 1.29 is 9.79 Å². The Morgan fingerprint density at radius 3 is 2.16 bits per heavy atom. The molecule has 0 saturated carbocycles. The first kappa shape index (κ1) is 14.8. The lowest BCUT2D eigenvalue weighted by Crippen LogP contribution is -1.93. The summed E-state index contributed by atoms with van der Waals surface area (Å²) in [7, 11) is -1.28. The van der Waals surface area contributed by atoms with Gasteiger partial charge in [0.1, 0.15) is 0 Å². The van der Waals surface area contributed by atoms with Gasteiger partial charge in [0.15, 0.2) is 0 Å². The predicted octanol–water partition coefficient (Wildman–Crippen LogP) is 3.88. The third-order valence-electron chi connectivity index (χ3n) is 2.86. The molecule has 0 fully saturated rings. The molecule has 2 N–H and O–H groups in total. The third-order valence-corrected chi connectivity index (χ3v) is 9.44. The Kier molecular flexibility index (Phi) is 4.82. The van der Waals surface area contributed by atoms with Crippen LogP contribution in [0.1, 0.15) is 12.5 Å². The summed E-state index contributed by atoms with van der Waals surface area (Å²) in [5, 5.41) is 0. The number of hydrogen-bond acceptors (Lipinski definition) is 1. The van der Waals surface area contributed by atoms with E-state index in [1.165, 1.54) is 0 Å². The summed E-state index contributed by atoms with van der Waals surface area (Å²) in [6, 6.07) is 17.5. The molecule has 102 valence electrons. The van der Waals surface area contributed by atoms with Crippen molar-refractivity contribution in [1.82, 2.24) is 0 Å². The SMILES string of the molecule is CCc1ccccc1[SH](c1ccccc1)P(O)(O)=S. The van der Waals surface area contributed by atoms with Crippen molar-refractivity contribution in [3.8, 4) is 0 Å². The molecule has 0 aliphatic heterocycles. The molecule has 0 amide bonds. The van der Waals surface area contributed by atoms with Crippen LogP contribution in [-0.2, 0) is 18.2 Å². The normalized spacial score (nSPS) is 14.2. The first-order valence-corrected chi connectivity index (χ1v) is 10.8. The fourth-order valence-electron chi connectivity index (χ4n) is 2.02. The van der Waals surface area contributed by atoms with E-state index in [-0.39, 0.29) is 0 Å². The van der Waals surface area contributed by atoms with E-state index >= 15 is 0 Å². The average molecular weight is 312 g/mol. The van der Waals surface area contributed by atoms with Crippen molar-refractivity contribution in [2.24, 2.45) is 0 Å². The van der Waals surface area contributed by atoms with Gasteiger partial charge in [-0.1, -0.05) is 43.3 Å². The van der Waals surface area contributed by atoms with Gasteiger partial charge >= 0.3 is 0 Å².